The van der Waals surface area contributed by atoms with Crippen molar-refractivity contribution in [1.82, 2.24) is 9.78 Å². The highest BCUT2D eigenvalue weighted by Crippen LogP contribution is 2.19. The average Bonchev–Trinajstić information content (AvgIpc) is 2.82. The predicted octanol–water partition coefficient (Wildman–Crippen LogP) is 3.76. The highest BCUT2D eigenvalue weighted by atomic mass is 35.5. The van der Waals surface area contributed by atoms with Crippen molar-refractivity contribution in [3.8, 4) is 0 Å². The van der Waals surface area contributed by atoms with Crippen molar-refractivity contribution < 1.29 is 0 Å². The molecular formula is C16H21ClN2. The van der Waals surface area contributed by atoms with Crippen LogP contribution in [0.1, 0.15) is 23.1 Å². The van der Waals surface area contributed by atoms with Crippen molar-refractivity contribution in [2.24, 2.45) is 13.0 Å². The molecule has 0 fully saturated rings. The van der Waals surface area contributed by atoms with Crippen LogP contribution in [0.4, 0.5) is 0 Å². The van der Waals surface area contributed by atoms with E-state index in [2.05, 4.69) is 42.5 Å². The topological polar surface area (TPSA) is 17.8 Å². The number of aryl methyl sites for hydroxylation is 3. The molecule has 102 valence electrons. The first kappa shape index (κ1) is 14.1. The molecule has 1 heterocycles. The average molecular weight is 277 g/mol. The molecule has 3 heteroatoms. The van der Waals surface area contributed by atoms with E-state index >= 15 is 0 Å². The maximum atomic E-state index is 6.12. The second kappa shape index (κ2) is 6.76. The van der Waals surface area contributed by atoms with Crippen LogP contribution in [0, 0.1) is 12.8 Å². The van der Waals surface area contributed by atoms with Gasteiger partial charge in [0, 0.05) is 19.1 Å². The Balaban J connectivity index is 1.92. The van der Waals surface area contributed by atoms with E-state index in [4.69, 9.17) is 11.6 Å². The first-order valence-electron chi connectivity index (χ1n) is 6.77. The zero-order valence-corrected chi connectivity index (χ0v) is 12.4. The second-order valence-electron chi connectivity index (χ2n) is 5.21. The second-order valence-corrected chi connectivity index (χ2v) is 5.52. The van der Waals surface area contributed by atoms with Crippen LogP contribution in [-0.2, 0) is 19.9 Å². The molecule has 0 radical (unpaired) electrons. The van der Waals surface area contributed by atoms with Crippen LogP contribution < -0.4 is 0 Å². The predicted molar refractivity (Wildman–Crippen MR) is 80.6 cm³/mol. The summed E-state index contributed by atoms with van der Waals surface area (Å²) < 4.78 is 1.85. The number of rotatable bonds is 6. The van der Waals surface area contributed by atoms with Crippen LogP contribution in [0.3, 0.4) is 0 Å². The van der Waals surface area contributed by atoms with Gasteiger partial charge in [0.05, 0.1) is 6.20 Å². The Kier molecular flexibility index (Phi) is 5.03. The normalized spacial score (nSPS) is 12.6. The van der Waals surface area contributed by atoms with Crippen molar-refractivity contribution in [2.45, 2.75) is 26.2 Å². The number of halogens is 1. The molecule has 0 saturated heterocycles. The van der Waals surface area contributed by atoms with Crippen molar-refractivity contribution in [3.05, 3.63) is 53.3 Å². The van der Waals surface area contributed by atoms with Crippen molar-refractivity contribution in [3.63, 3.8) is 0 Å². The molecule has 0 N–H and O–H groups in total. The third-order valence-electron chi connectivity index (χ3n) is 3.59. The van der Waals surface area contributed by atoms with E-state index in [0.29, 0.717) is 11.8 Å². The highest BCUT2D eigenvalue weighted by Gasteiger charge is 2.10. The van der Waals surface area contributed by atoms with E-state index in [1.807, 2.05) is 17.9 Å². The molecule has 2 rings (SSSR count). The van der Waals surface area contributed by atoms with Gasteiger partial charge in [0.1, 0.15) is 0 Å². The van der Waals surface area contributed by atoms with Gasteiger partial charge in [-0.2, -0.15) is 5.10 Å². The SMILES string of the molecule is Cc1ccccc1CC(CCl)CCc1cnn(C)c1. The Bertz CT molecular complexity index is 519. The smallest absolute Gasteiger partial charge is 0.0521 e. The molecule has 0 bridgehead atoms. The molecule has 1 aromatic heterocycles. The van der Waals surface area contributed by atoms with E-state index < -0.39 is 0 Å². The van der Waals surface area contributed by atoms with E-state index in [0.717, 1.165) is 19.3 Å². The zero-order valence-electron chi connectivity index (χ0n) is 11.6. The molecular weight excluding hydrogens is 256 g/mol. The number of hydrogen-bond donors (Lipinski definition) is 0. The maximum Gasteiger partial charge on any atom is 0.0521 e. The molecule has 0 aliphatic carbocycles. The summed E-state index contributed by atoms with van der Waals surface area (Å²) in [5.74, 6) is 1.25. The number of nitrogens with zero attached hydrogens (tertiary/aromatic N) is 2. The van der Waals surface area contributed by atoms with Crippen LogP contribution in [0.15, 0.2) is 36.7 Å². The molecule has 0 amide bonds. The van der Waals surface area contributed by atoms with E-state index in [1.54, 1.807) is 0 Å². The third-order valence-corrected chi connectivity index (χ3v) is 4.02. The summed E-state index contributed by atoms with van der Waals surface area (Å²) in [5, 5.41) is 4.20. The fourth-order valence-electron chi connectivity index (χ4n) is 2.36. The summed E-state index contributed by atoms with van der Waals surface area (Å²) >= 11 is 6.12. The molecule has 19 heavy (non-hydrogen) atoms. The third kappa shape index (κ3) is 4.10. The Hall–Kier alpha value is -1.28. The highest BCUT2D eigenvalue weighted by molar-refractivity contribution is 6.18. The lowest BCUT2D eigenvalue weighted by atomic mass is 9.93. The van der Waals surface area contributed by atoms with Gasteiger partial charge in [-0.3, -0.25) is 4.68 Å². The van der Waals surface area contributed by atoms with Crippen molar-refractivity contribution in [1.29, 1.82) is 0 Å². The zero-order chi connectivity index (χ0) is 13.7. The Morgan fingerprint density at radius 3 is 2.74 bits per heavy atom. The number of hydrogen-bond acceptors (Lipinski definition) is 1. The van der Waals surface area contributed by atoms with Crippen LogP contribution in [0.2, 0.25) is 0 Å². The summed E-state index contributed by atoms with van der Waals surface area (Å²) in [6, 6.07) is 8.57. The number of aromatic nitrogens is 2. The Labute approximate surface area is 120 Å². The fourth-order valence-corrected chi connectivity index (χ4v) is 2.62. The molecule has 1 aromatic carbocycles. The number of alkyl halides is 1. The van der Waals surface area contributed by atoms with Crippen molar-refractivity contribution >= 4 is 11.6 Å². The minimum absolute atomic E-state index is 0.531. The van der Waals surface area contributed by atoms with Gasteiger partial charge >= 0.3 is 0 Å². The Morgan fingerprint density at radius 2 is 2.11 bits per heavy atom. The van der Waals surface area contributed by atoms with Gasteiger partial charge in [0.15, 0.2) is 0 Å². The monoisotopic (exact) mass is 276 g/mol. The molecule has 0 aliphatic rings. The molecule has 0 aliphatic heterocycles. The van der Waals surface area contributed by atoms with Gasteiger partial charge < -0.3 is 0 Å². The summed E-state index contributed by atoms with van der Waals surface area (Å²) in [6.45, 7) is 2.17. The molecule has 0 saturated carbocycles. The molecule has 2 nitrogen and oxygen atoms in total. The van der Waals surface area contributed by atoms with Gasteiger partial charge in [-0.15, -0.1) is 11.6 Å². The number of benzene rings is 1. The largest absolute Gasteiger partial charge is 0.276 e. The van der Waals surface area contributed by atoms with E-state index in [-0.39, 0.29) is 0 Å². The summed E-state index contributed by atoms with van der Waals surface area (Å²) in [5.41, 5.74) is 4.07. The van der Waals surface area contributed by atoms with Crippen LogP contribution >= 0.6 is 11.6 Å². The van der Waals surface area contributed by atoms with Crippen LogP contribution in [0.5, 0.6) is 0 Å². The van der Waals surface area contributed by atoms with Crippen molar-refractivity contribution in [2.75, 3.05) is 5.88 Å². The summed E-state index contributed by atoms with van der Waals surface area (Å²) in [7, 11) is 1.95. The summed E-state index contributed by atoms with van der Waals surface area (Å²) in [6.07, 6.45) is 7.26. The van der Waals surface area contributed by atoms with E-state index in [1.165, 1.54) is 16.7 Å². The van der Waals surface area contributed by atoms with E-state index in [9.17, 15) is 0 Å². The van der Waals surface area contributed by atoms with Gasteiger partial charge in [-0.25, -0.2) is 0 Å². The maximum absolute atomic E-state index is 6.12. The lowest BCUT2D eigenvalue weighted by molar-refractivity contribution is 0.535. The molecule has 0 spiro atoms. The standard InChI is InChI=1S/C16H21ClN2/c1-13-5-3-4-6-16(13)9-14(10-17)7-8-15-11-18-19(2)12-15/h3-6,11-12,14H,7-10H2,1-2H3. The summed E-state index contributed by atoms with van der Waals surface area (Å²) in [4.78, 5) is 0. The lowest BCUT2D eigenvalue weighted by Crippen LogP contribution is -2.09. The Morgan fingerprint density at radius 1 is 1.32 bits per heavy atom. The van der Waals surface area contributed by atoms with Gasteiger partial charge in [-0.05, 0) is 48.8 Å². The van der Waals surface area contributed by atoms with Crippen LogP contribution in [-0.4, -0.2) is 15.7 Å². The first-order chi connectivity index (χ1) is 9.19. The minimum atomic E-state index is 0.531. The van der Waals surface area contributed by atoms with Gasteiger partial charge in [-0.1, -0.05) is 24.3 Å². The fraction of sp³-hybridized carbons (Fsp3) is 0.438. The van der Waals surface area contributed by atoms with Gasteiger partial charge in [0.25, 0.3) is 0 Å². The van der Waals surface area contributed by atoms with Gasteiger partial charge in [0.2, 0.25) is 0 Å². The van der Waals surface area contributed by atoms with Crippen LogP contribution in [0.25, 0.3) is 0 Å². The first-order valence-corrected chi connectivity index (χ1v) is 7.30. The molecule has 1 unspecified atom stereocenters. The minimum Gasteiger partial charge on any atom is -0.276 e. The quantitative estimate of drug-likeness (QED) is 0.735. The lowest BCUT2D eigenvalue weighted by Gasteiger charge is -2.15. The molecule has 1 atom stereocenters. The molecule has 2 aromatic rings.